The lowest BCUT2D eigenvalue weighted by Crippen LogP contribution is -2.55. The van der Waals surface area contributed by atoms with E-state index in [2.05, 4.69) is 16.0 Å². The lowest BCUT2D eigenvalue weighted by molar-refractivity contribution is -0.145. The van der Waals surface area contributed by atoms with Crippen molar-refractivity contribution < 1.29 is 200 Å². The smallest absolute Gasteiger partial charge is 0.338 e. The topological polar surface area (TPSA) is 482 Å². The van der Waals surface area contributed by atoms with Gasteiger partial charge >= 0.3 is 11.9 Å². The fourth-order valence-corrected chi connectivity index (χ4v) is 11.2. The molecule has 45 nitrogen and oxygen atoms in total. The first-order valence-corrected chi connectivity index (χ1v) is 48.4. The summed E-state index contributed by atoms with van der Waals surface area (Å²) in [5, 5.41) is 16.3. The van der Waals surface area contributed by atoms with Crippen LogP contribution < -0.4 is 16.0 Å². The number of nitrogens with one attached hydrogen (secondary N) is 3. The molecule has 45 heteroatoms. The highest BCUT2D eigenvalue weighted by Gasteiger charge is 2.29. The standard InChI is InChI=1S/C93H169N3O42/c1-81(2)72-87(96-92(102)88(73-82(3)4)95-89(99)75-98)91(101)94-74-90(100)137-76-83-6-8-84(9-7-83)93(103)138-86-79-135-71-68-132-65-62-129-59-56-126-53-50-123-46-44-117-36-33-114-30-27-111-24-21-108-18-15-105-12-5-11-104-14-17-107-20-23-110-26-29-113-32-35-116-38-39-118-40-41-119-42-43-120-45-47-122-49-52-125-55-58-128-61-64-131-67-70-134-78-85(136-80-86)77-133-69-66-130-63-60-127-57-54-124-51-48-121-37-34-115-31-28-112-25-22-109-19-16-106-13-10-97/h6-9,75,81-82,85-88,97H,5,10-74,76-80H2,1-4H3,(H,94,101)(H,95,99)(H,96,102)/t85?,86?,87-,88-/m0/s1. The van der Waals surface area contributed by atoms with Gasteiger partial charge in [0.1, 0.15) is 37.4 Å². The average molecular weight is 2000 g/mol. The number of amides is 3. The van der Waals surface area contributed by atoms with Gasteiger partial charge in [0.05, 0.1) is 428 Å². The van der Waals surface area contributed by atoms with E-state index in [1.165, 1.54) is 12.1 Å². The van der Waals surface area contributed by atoms with Gasteiger partial charge in [0.15, 0.2) is 0 Å². The maximum absolute atomic E-state index is 13.9. The minimum Gasteiger partial charge on any atom is -0.460 e. The molecule has 138 heavy (non-hydrogen) atoms. The molecule has 0 aliphatic carbocycles. The normalized spacial score (nSPS) is 19.7. The second-order valence-corrected chi connectivity index (χ2v) is 30.6. The summed E-state index contributed by atoms with van der Waals surface area (Å²) in [5.74, 6) is -3.86. The molecule has 1 aliphatic rings. The van der Waals surface area contributed by atoms with E-state index in [0.29, 0.717) is 362 Å². The minimum absolute atomic E-state index is 0.0161. The van der Waals surface area contributed by atoms with Crippen LogP contribution >= 0.6 is 0 Å². The summed E-state index contributed by atoms with van der Waals surface area (Å²) in [6.07, 6.45) is -0.369. The summed E-state index contributed by atoms with van der Waals surface area (Å²) < 4.78 is 198. The van der Waals surface area contributed by atoms with Gasteiger partial charge in [-0.1, -0.05) is 39.8 Å². The van der Waals surface area contributed by atoms with Crippen LogP contribution in [0.4, 0.5) is 0 Å². The van der Waals surface area contributed by atoms with E-state index < -0.39 is 60.5 Å². The molecule has 1 saturated heterocycles. The molecule has 1 heterocycles. The molecule has 2 rings (SSSR count). The third-order valence-corrected chi connectivity index (χ3v) is 18.1. The SMILES string of the molecule is CC(C)C[C@H](NC(=O)C=O)C(=O)N[C@@H](CC(C)C)C(=O)NCC(=O)OCc1ccc(C(=O)OC2COCCOCCOCCOCCOCCOCCOCCOCCOCCOCCCOCCOCCOCCOCCOCCOCCOCCOCCOCCOCCOCCOCCOCC(COCCOCCOCCOCCOCCOCCOCCOCCOCCO)OC2)cc1. The van der Waals surface area contributed by atoms with Crippen molar-refractivity contribution >= 4 is 35.9 Å². The van der Waals surface area contributed by atoms with Gasteiger partial charge in [-0.3, -0.25) is 24.0 Å². The highest BCUT2D eigenvalue weighted by Crippen LogP contribution is 2.13. The third kappa shape index (κ3) is 90.9. The number of ether oxygens (including phenoxy) is 35. The largest absolute Gasteiger partial charge is 0.460 e. The Kier molecular flexibility index (Phi) is 96.5. The Labute approximate surface area is 816 Å². The highest BCUT2D eigenvalue weighted by molar-refractivity contribution is 6.24. The molecule has 1 fully saturated rings. The molecule has 1 aliphatic heterocycles. The number of benzene rings is 1. The Morgan fingerprint density at radius 3 is 0.891 bits per heavy atom. The third-order valence-electron chi connectivity index (χ3n) is 18.1. The van der Waals surface area contributed by atoms with Gasteiger partial charge in [-0.25, -0.2) is 4.79 Å². The van der Waals surface area contributed by atoms with E-state index in [-0.39, 0.29) is 122 Å². The Morgan fingerprint density at radius 1 is 0.333 bits per heavy atom. The van der Waals surface area contributed by atoms with Crippen LogP contribution in [0.5, 0.6) is 0 Å². The van der Waals surface area contributed by atoms with Gasteiger partial charge in [-0.05, 0) is 48.8 Å². The van der Waals surface area contributed by atoms with Crippen LogP contribution in [0.15, 0.2) is 24.3 Å². The van der Waals surface area contributed by atoms with Crippen LogP contribution in [0.25, 0.3) is 0 Å². The van der Waals surface area contributed by atoms with Gasteiger partial charge in [0, 0.05) is 13.2 Å². The molecular formula is C93H169N3O42. The summed E-state index contributed by atoms with van der Waals surface area (Å²) in [6, 6.07) is 4.03. The predicted molar refractivity (Wildman–Crippen MR) is 495 cm³/mol. The number of esters is 2. The number of carbonyl (C=O) groups excluding carboxylic acids is 6. The summed E-state index contributed by atoms with van der Waals surface area (Å²) in [4.78, 5) is 76.6. The van der Waals surface area contributed by atoms with E-state index in [1.807, 2.05) is 27.7 Å². The van der Waals surface area contributed by atoms with Crippen LogP contribution in [-0.4, -0.2) is 508 Å². The number of carbonyl (C=O) groups is 6. The summed E-state index contributed by atoms with van der Waals surface area (Å²) in [5.41, 5.74) is 0.674. The van der Waals surface area contributed by atoms with Crippen LogP contribution in [0, 0.1) is 11.8 Å². The lowest BCUT2D eigenvalue weighted by Gasteiger charge is -2.24. The molecule has 808 valence electrons. The van der Waals surface area contributed by atoms with Crippen molar-refractivity contribution in [1.82, 2.24) is 16.0 Å². The zero-order chi connectivity index (χ0) is 99.1. The van der Waals surface area contributed by atoms with Gasteiger partial charge < -0.3 is 187 Å². The van der Waals surface area contributed by atoms with Crippen LogP contribution in [0.1, 0.15) is 62.9 Å². The monoisotopic (exact) mass is 2000 g/mol. The Morgan fingerprint density at radius 2 is 0.601 bits per heavy atom. The summed E-state index contributed by atoms with van der Waals surface area (Å²) in [7, 11) is 0. The molecule has 1 aromatic carbocycles. The molecule has 0 aromatic heterocycles. The molecule has 3 amide bonds. The quantitative estimate of drug-likeness (QED) is 0.0306. The van der Waals surface area contributed by atoms with Gasteiger partial charge in [-0.15, -0.1) is 0 Å². The zero-order valence-corrected chi connectivity index (χ0v) is 82.7. The maximum atomic E-state index is 13.9. The molecule has 2 unspecified atom stereocenters. The zero-order valence-electron chi connectivity index (χ0n) is 82.7. The van der Waals surface area contributed by atoms with Crippen molar-refractivity contribution in [3.63, 3.8) is 0 Å². The summed E-state index contributed by atoms with van der Waals surface area (Å²) >= 11 is 0. The fraction of sp³-hybridized carbons (Fsp3) is 0.871. The Bertz CT molecular complexity index is 2800. The minimum atomic E-state index is -1.07. The number of hydrogen-bond acceptors (Lipinski definition) is 42. The lowest BCUT2D eigenvalue weighted by atomic mass is 10.00. The van der Waals surface area contributed by atoms with Crippen molar-refractivity contribution in [3.05, 3.63) is 35.4 Å². The van der Waals surface area contributed by atoms with E-state index in [0.717, 1.165) is 6.42 Å². The van der Waals surface area contributed by atoms with E-state index in [1.54, 1.807) is 12.1 Å². The molecule has 0 bridgehead atoms. The number of hydrogen-bond donors (Lipinski definition) is 4. The number of rotatable bonds is 43. The van der Waals surface area contributed by atoms with Crippen molar-refractivity contribution in [1.29, 1.82) is 0 Å². The van der Waals surface area contributed by atoms with E-state index >= 15 is 0 Å². The molecule has 1 aromatic rings. The van der Waals surface area contributed by atoms with Crippen LogP contribution in [-0.2, 0) is 196 Å². The van der Waals surface area contributed by atoms with Gasteiger partial charge in [-0.2, -0.15) is 0 Å². The number of aliphatic hydroxyl groups is 1. The molecular weight excluding hydrogens is 1830 g/mol. The number of aldehydes is 1. The maximum Gasteiger partial charge on any atom is 0.338 e. The van der Waals surface area contributed by atoms with E-state index in [9.17, 15) is 28.8 Å². The summed E-state index contributed by atoms with van der Waals surface area (Å²) in [6.45, 7) is 30.7. The molecule has 4 atom stereocenters. The Balaban J connectivity index is 1.99. The molecule has 0 saturated carbocycles. The first-order valence-electron chi connectivity index (χ1n) is 48.4. The Hall–Kier alpha value is -5.12. The van der Waals surface area contributed by atoms with Crippen molar-refractivity contribution in [2.75, 3.05) is 443 Å². The van der Waals surface area contributed by atoms with Gasteiger partial charge in [0.2, 0.25) is 18.1 Å². The first kappa shape index (κ1) is 129. The number of aliphatic hydroxyl groups excluding tert-OH is 1. The average Bonchev–Trinajstić information content (AvgIpc) is 0.877. The van der Waals surface area contributed by atoms with Crippen molar-refractivity contribution in [2.45, 2.75) is 77.9 Å². The second-order valence-electron chi connectivity index (χ2n) is 30.6. The first-order chi connectivity index (χ1) is 67.9. The highest BCUT2D eigenvalue weighted by atomic mass is 16.6. The molecule has 0 radical (unpaired) electrons. The fourth-order valence-electron chi connectivity index (χ4n) is 11.2. The predicted octanol–water partition coefficient (Wildman–Crippen LogP) is 0.945. The van der Waals surface area contributed by atoms with Crippen LogP contribution in [0.3, 0.4) is 0 Å². The molecule has 0 spiro atoms. The van der Waals surface area contributed by atoms with Crippen molar-refractivity contribution in [2.24, 2.45) is 11.8 Å². The van der Waals surface area contributed by atoms with Crippen LogP contribution in [0.2, 0.25) is 0 Å². The molecule has 4 N–H and O–H groups in total. The van der Waals surface area contributed by atoms with Crippen molar-refractivity contribution in [3.8, 4) is 0 Å². The van der Waals surface area contributed by atoms with Gasteiger partial charge in [0.25, 0.3) is 5.91 Å². The second kappa shape index (κ2) is 103. The van der Waals surface area contributed by atoms with E-state index in [4.69, 9.17) is 171 Å².